The van der Waals surface area contributed by atoms with Gasteiger partial charge in [0.15, 0.2) is 0 Å². The van der Waals surface area contributed by atoms with Crippen molar-refractivity contribution in [2.24, 2.45) is 0 Å². The van der Waals surface area contributed by atoms with Gasteiger partial charge in [-0.25, -0.2) is 0 Å². The van der Waals surface area contributed by atoms with Crippen molar-refractivity contribution in [3.8, 4) is 22.5 Å². The lowest BCUT2D eigenvalue weighted by atomic mass is 9.91. The van der Waals surface area contributed by atoms with Crippen LogP contribution in [-0.2, 0) is 0 Å². The molecule has 0 aliphatic rings. The minimum atomic E-state index is 0.0258. The molecular weight excluding hydrogens is 791 g/mol. The molecule has 0 saturated carbocycles. The highest BCUT2D eigenvalue weighted by Gasteiger charge is 2.22. The first kappa shape index (κ1) is 34.8. The van der Waals surface area contributed by atoms with Crippen molar-refractivity contribution in [3.05, 3.63) is 223 Å². The highest BCUT2D eigenvalue weighted by molar-refractivity contribution is 6.28. The molecule has 0 bridgehead atoms. The fraction of sp³-hybridized carbons (Fsp3) is 0. The summed E-state index contributed by atoms with van der Waals surface area (Å²) in [6, 6.07) is 76.9. The molecule has 4 heteroatoms. The number of nitrogens with zero attached hydrogens (tertiary/aromatic N) is 3. The zero-order valence-electron chi connectivity index (χ0n) is 35.0. The Balaban J connectivity index is 1.01. The highest BCUT2D eigenvalue weighted by atomic mass is 16.1. The van der Waals surface area contributed by atoms with Crippen LogP contribution in [0.1, 0.15) is 0 Å². The second-order valence-corrected chi connectivity index (χ2v) is 17.6. The fourth-order valence-electron chi connectivity index (χ4n) is 11.6. The van der Waals surface area contributed by atoms with Gasteiger partial charge in [0.05, 0.1) is 33.1 Å². The number of benzene rings is 11. The lowest BCUT2D eigenvalue weighted by molar-refractivity contribution is 1.18. The quantitative estimate of drug-likeness (QED) is 0.163. The largest absolute Gasteiger partial charge is 0.309 e. The molecule has 15 rings (SSSR count). The van der Waals surface area contributed by atoms with Crippen molar-refractivity contribution in [1.82, 2.24) is 13.5 Å². The minimum absolute atomic E-state index is 0.0258. The first-order chi connectivity index (χ1) is 32.2. The number of fused-ring (bicyclic) bond motifs is 18. The van der Waals surface area contributed by atoms with Crippen molar-refractivity contribution in [2.75, 3.05) is 0 Å². The van der Waals surface area contributed by atoms with E-state index in [1.807, 2.05) is 22.6 Å². The summed E-state index contributed by atoms with van der Waals surface area (Å²) in [6.07, 6.45) is 0. The molecule has 0 amide bonds. The van der Waals surface area contributed by atoms with Gasteiger partial charge in [0, 0.05) is 54.5 Å². The zero-order chi connectivity index (χ0) is 42.5. The molecule has 4 nitrogen and oxygen atoms in total. The normalized spacial score (nSPS) is 12.4. The van der Waals surface area contributed by atoms with E-state index in [-0.39, 0.29) is 5.56 Å². The van der Waals surface area contributed by atoms with Crippen LogP contribution in [0.2, 0.25) is 0 Å². The van der Waals surface area contributed by atoms with Gasteiger partial charge in [0.2, 0.25) is 0 Å². The summed E-state index contributed by atoms with van der Waals surface area (Å²) < 4.78 is 6.84. The fourth-order valence-corrected chi connectivity index (χ4v) is 11.6. The average Bonchev–Trinajstić information content (AvgIpc) is 4.02. The smallest absolute Gasteiger partial charge is 0.263 e. The van der Waals surface area contributed by atoms with Gasteiger partial charge in [0.25, 0.3) is 5.56 Å². The van der Waals surface area contributed by atoms with Crippen LogP contribution < -0.4 is 5.56 Å². The first-order valence-corrected chi connectivity index (χ1v) is 22.3. The molecule has 0 saturated heterocycles. The van der Waals surface area contributed by atoms with E-state index in [0.717, 1.165) is 60.5 Å². The molecule has 0 spiro atoms. The second kappa shape index (κ2) is 12.7. The summed E-state index contributed by atoms with van der Waals surface area (Å²) in [5.41, 5.74) is 11.2. The summed E-state index contributed by atoms with van der Waals surface area (Å²) in [5, 5.41) is 17.3. The maximum atomic E-state index is 14.1. The second-order valence-electron chi connectivity index (χ2n) is 17.6. The molecule has 0 N–H and O–H groups in total. The van der Waals surface area contributed by atoms with Crippen molar-refractivity contribution in [1.29, 1.82) is 0 Å². The molecule has 15 aromatic rings. The number of hydrogen-bond donors (Lipinski definition) is 0. The number of hydrogen-bond acceptors (Lipinski definition) is 1. The van der Waals surface area contributed by atoms with Gasteiger partial charge in [-0.05, 0) is 116 Å². The van der Waals surface area contributed by atoms with Crippen molar-refractivity contribution in [2.45, 2.75) is 0 Å². The standard InChI is InChI=1S/C61H35N3O/c65-61-49-19-7-6-17-42(49)46-21-12-22-47-53-34-37(26-31-56(53)64(61)59(46)47)36-25-28-43-40-15-4-5-16-41(40)44-29-27-39(35-52(44)51(43)33-36)63-54-23-10-8-18-45(54)48-30-32-57-58(60(48)63)50-20-9-11-24-55(50)62(57)38-13-2-1-3-14-38/h1-35H. The minimum Gasteiger partial charge on any atom is -0.309 e. The Morgan fingerprint density at radius 3 is 1.51 bits per heavy atom. The molecule has 0 fully saturated rings. The molecule has 0 aliphatic carbocycles. The number of rotatable bonds is 3. The first-order valence-electron chi connectivity index (χ1n) is 22.3. The summed E-state index contributed by atoms with van der Waals surface area (Å²) >= 11 is 0. The highest BCUT2D eigenvalue weighted by Crippen LogP contribution is 2.44. The molecule has 0 radical (unpaired) electrons. The lowest BCUT2D eigenvalue weighted by Crippen LogP contribution is -2.12. The summed E-state index contributed by atoms with van der Waals surface area (Å²) in [4.78, 5) is 14.1. The van der Waals surface area contributed by atoms with Gasteiger partial charge >= 0.3 is 0 Å². The summed E-state index contributed by atoms with van der Waals surface area (Å²) in [5.74, 6) is 0. The van der Waals surface area contributed by atoms with Crippen LogP contribution in [0.25, 0.3) is 136 Å². The predicted molar refractivity (Wildman–Crippen MR) is 274 cm³/mol. The van der Waals surface area contributed by atoms with Gasteiger partial charge in [0.1, 0.15) is 0 Å². The molecule has 0 atom stereocenters. The number of pyridine rings is 1. The third-order valence-electron chi connectivity index (χ3n) is 14.3. The Labute approximate surface area is 371 Å². The van der Waals surface area contributed by atoms with Crippen LogP contribution in [0, 0.1) is 0 Å². The van der Waals surface area contributed by atoms with Crippen LogP contribution >= 0.6 is 0 Å². The molecule has 4 heterocycles. The van der Waals surface area contributed by atoms with Gasteiger partial charge in [-0.1, -0.05) is 146 Å². The molecule has 0 unspecified atom stereocenters. The van der Waals surface area contributed by atoms with Crippen LogP contribution in [0.5, 0.6) is 0 Å². The van der Waals surface area contributed by atoms with Crippen molar-refractivity contribution >= 4 is 114 Å². The van der Waals surface area contributed by atoms with Crippen LogP contribution in [-0.4, -0.2) is 13.5 Å². The topological polar surface area (TPSA) is 31.3 Å². The molecular formula is C61H35N3O. The monoisotopic (exact) mass is 825 g/mol. The Hall–Kier alpha value is -8.73. The Morgan fingerprint density at radius 1 is 0.262 bits per heavy atom. The predicted octanol–water partition coefficient (Wildman–Crippen LogP) is 15.5. The van der Waals surface area contributed by atoms with Crippen LogP contribution in [0.3, 0.4) is 0 Å². The van der Waals surface area contributed by atoms with E-state index in [1.54, 1.807) is 0 Å². The third kappa shape index (κ3) is 4.57. The van der Waals surface area contributed by atoms with Crippen LogP contribution in [0.15, 0.2) is 217 Å². The maximum absolute atomic E-state index is 14.1. The van der Waals surface area contributed by atoms with Gasteiger partial charge in [-0.2, -0.15) is 0 Å². The molecule has 65 heavy (non-hydrogen) atoms. The Morgan fingerprint density at radius 2 is 0.754 bits per heavy atom. The van der Waals surface area contributed by atoms with Crippen LogP contribution in [0.4, 0.5) is 0 Å². The van der Waals surface area contributed by atoms with E-state index in [0.29, 0.717) is 0 Å². The van der Waals surface area contributed by atoms with Crippen molar-refractivity contribution < 1.29 is 0 Å². The molecule has 300 valence electrons. The van der Waals surface area contributed by atoms with E-state index in [4.69, 9.17) is 0 Å². The molecule has 0 aliphatic heterocycles. The average molecular weight is 826 g/mol. The number of aromatic nitrogens is 3. The Kier molecular flexibility index (Phi) is 6.79. The SMILES string of the molecule is O=c1c2ccccc2c2cccc3c4cc(-c5ccc6c7ccccc7c7ccc(-n8c9ccccc9c9ccc%10c(c%11ccccc%11n%10-c%10ccccc%10)c98)cc7c6c5)ccc4n1c23. The molecule has 4 aromatic heterocycles. The van der Waals surface area contributed by atoms with Crippen molar-refractivity contribution in [3.63, 3.8) is 0 Å². The third-order valence-corrected chi connectivity index (χ3v) is 14.3. The molecule has 11 aromatic carbocycles. The van der Waals surface area contributed by atoms with Gasteiger partial charge < -0.3 is 9.13 Å². The van der Waals surface area contributed by atoms with E-state index in [1.165, 1.54) is 75.9 Å². The summed E-state index contributed by atoms with van der Waals surface area (Å²) in [6.45, 7) is 0. The summed E-state index contributed by atoms with van der Waals surface area (Å²) in [7, 11) is 0. The van der Waals surface area contributed by atoms with Gasteiger partial charge in [-0.3, -0.25) is 9.20 Å². The Bertz CT molecular complexity index is 4610. The van der Waals surface area contributed by atoms with E-state index in [2.05, 4.69) is 203 Å². The van der Waals surface area contributed by atoms with Gasteiger partial charge in [-0.15, -0.1) is 0 Å². The number of para-hydroxylation sites is 4. The lowest BCUT2D eigenvalue weighted by Gasteiger charge is -2.15. The zero-order valence-corrected chi connectivity index (χ0v) is 35.0. The maximum Gasteiger partial charge on any atom is 0.263 e. The van der Waals surface area contributed by atoms with E-state index < -0.39 is 0 Å². The van der Waals surface area contributed by atoms with E-state index in [9.17, 15) is 4.79 Å². The van der Waals surface area contributed by atoms with E-state index >= 15 is 0 Å².